The number of para-hydroxylation sites is 4. The van der Waals surface area contributed by atoms with Gasteiger partial charge >= 0.3 is 0 Å². The summed E-state index contributed by atoms with van der Waals surface area (Å²) in [5.74, 6) is 0. The third kappa shape index (κ3) is 7.30. The monoisotopic (exact) mass is 1050 g/mol. The van der Waals surface area contributed by atoms with Crippen LogP contribution in [0.1, 0.15) is 62.8 Å². The lowest BCUT2D eigenvalue weighted by atomic mass is 9.78. The Morgan fingerprint density at radius 2 is 0.744 bits per heavy atom. The normalized spacial score (nSPS) is 14.6. The van der Waals surface area contributed by atoms with E-state index in [1.807, 2.05) is 0 Å². The summed E-state index contributed by atoms with van der Waals surface area (Å²) in [5.41, 5.74) is 27.0. The molecule has 0 saturated heterocycles. The maximum atomic E-state index is 2.47. The van der Waals surface area contributed by atoms with Crippen LogP contribution in [0.3, 0.4) is 0 Å². The number of hydrogen-bond acceptors (Lipinski definition) is 2. The molecular formula is C78H60N4. The first-order valence-corrected chi connectivity index (χ1v) is 29.0. The van der Waals surface area contributed by atoms with Crippen LogP contribution >= 0.6 is 0 Å². The van der Waals surface area contributed by atoms with Gasteiger partial charge in [-0.1, -0.05) is 179 Å². The number of allylic oxidation sites excluding steroid dienone is 4. The first kappa shape index (κ1) is 48.0. The zero-order chi connectivity index (χ0) is 54.8. The summed E-state index contributed by atoms with van der Waals surface area (Å²) in [6.45, 7) is 9.57. The Hall–Kier alpha value is -9.90. The van der Waals surface area contributed by atoms with Crippen molar-refractivity contribution in [2.45, 2.75) is 51.4 Å². The Morgan fingerprint density at radius 3 is 1.29 bits per heavy atom. The zero-order valence-electron chi connectivity index (χ0n) is 46.6. The van der Waals surface area contributed by atoms with Crippen LogP contribution in [-0.4, -0.2) is 9.13 Å². The molecular weight excluding hydrogens is 993 g/mol. The van der Waals surface area contributed by atoms with Crippen LogP contribution in [0.5, 0.6) is 0 Å². The van der Waals surface area contributed by atoms with Crippen molar-refractivity contribution < 1.29 is 0 Å². The Morgan fingerprint density at radius 1 is 0.329 bits per heavy atom. The third-order valence-electron chi connectivity index (χ3n) is 18.4. The van der Waals surface area contributed by atoms with Gasteiger partial charge in [-0.15, -0.1) is 0 Å². The van der Waals surface area contributed by atoms with Gasteiger partial charge in [-0.2, -0.15) is 0 Å². The molecule has 4 nitrogen and oxygen atoms in total. The van der Waals surface area contributed by atoms with E-state index in [9.17, 15) is 0 Å². The molecule has 16 rings (SSSR count). The van der Waals surface area contributed by atoms with Crippen LogP contribution in [0.25, 0.3) is 82.8 Å². The second-order valence-electron chi connectivity index (χ2n) is 23.6. The van der Waals surface area contributed by atoms with E-state index in [0.29, 0.717) is 0 Å². The molecule has 0 aliphatic heterocycles. The van der Waals surface area contributed by atoms with Crippen LogP contribution in [0.2, 0.25) is 0 Å². The first-order chi connectivity index (χ1) is 40.2. The van der Waals surface area contributed by atoms with Crippen molar-refractivity contribution in [3.05, 3.63) is 295 Å². The number of benzene rings is 11. The van der Waals surface area contributed by atoms with E-state index < -0.39 is 0 Å². The first-order valence-electron chi connectivity index (χ1n) is 29.0. The molecule has 2 aromatic heterocycles. The summed E-state index contributed by atoms with van der Waals surface area (Å²) in [6.07, 6.45) is 6.91. The molecule has 11 aromatic carbocycles. The fraction of sp³-hybridized carbons (Fsp3) is 0.103. The standard InChI is InChI=1S/C78H60N4/c1-77(2)69-27-15-11-23-61(69)63-43-39-59(49-71(63)77)79(57-41-45-75-67(47-57)65-25-13-17-29-73(65)81(75)53-19-7-5-8-20-53)55-35-31-51(32-36-55)52-33-37-56(38-34-52)80(60-40-44-64-62-24-12-16-28-70(62)78(3,4)72(64)50-60)58-42-46-76-68(48-58)66-26-14-18-30-74(66)82(76)54-21-9-6-10-22-54/h5-15,17-27,29-50H,16,28H2,1-4H3. The average Bonchev–Trinajstić information content (AvgIpc) is 4.11. The highest BCUT2D eigenvalue weighted by atomic mass is 15.2. The van der Waals surface area contributed by atoms with Gasteiger partial charge in [-0.3, -0.25) is 0 Å². The Labute approximate surface area is 479 Å². The summed E-state index contributed by atoms with van der Waals surface area (Å²) < 4.78 is 4.79. The van der Waals surface area contributed by atoms with Crippen molar-refractivity contribution in [2.24, 2.45) is 0 Å². The van der Waals surface area contributed by atoms with Gasteiger partial charge in [-0.25, -0.2) is 0 Å². The minimum atomic E-state index is -0.146. The molecule has 0 bridgehead atoms. The van der Waals surface area contributed by atoms with Gasteiger partial charge in [0.25, 0.3) is 0 Å². The van der Waals surface area contributed by atoms with Crippen molar-refractivity contribution in [1.29, 1.82) is 0 Å². The Balaban J connectivity index is 0.804. The lowest BCUT2D eigenvalue weighted by Crippen LogP contribution is -2.18. The van der Waals surface area contributed by atoms with Crippen LogP contribution in [0, 0.1) is 0 Å². The number of aromatic nitrogens is 2. The third-order valence-corrected chi connectivity index (χ3v) is 18.4. The number of nitrogens with zero attached hydrogens (tertiary/aromatic N) is 4. The lowest BCUT2D eigenvalue weighted by Gasteiger charge is -2.29. The summed E-state index contributed by atoms with van der Waals surface area (Å²) in [5, 5.41) is 4.91. The van der Waals surface area contributed by atoms with Gasteiger partial charge in [-0.05, 0) is 184 Å². The topological polar surface area (TPSA) is 16.3 Å². The van der Waals surface area contributed by atoms with Crippen LogP contribution in [0.4, 0.5) is 34.1 Å². The van der Waals surface area contributed by atoms with Crippen LogP contribution in [-0.2, 0) is 10.8 Å². The molecule has 0 radical (unpaired) electrons. The van der Waals surface area contributed by atoms with E-state index in [4.69, 9.17) is 0 Å². The fourth-order valence-corrected chi connectivity index (χ4v) is 14.4. The van der Waals surface area contributed by atoms with Crippen molar-refractivity contribution in [3.8, 4) is 33.6 Å². The van der Waals surface area contributed by atoms with Crippen molar-refractivity contribution in [1.82, 2.24) is 9.13 Å². The molecule has 0 N–H and O–H groups in total. The molecule has 0 saturated carbocycles. The maximum Gasteiger partial charge on any atom is 0.0542 e. The van der Waals surface area contributed by atoms with Gasteiger partial charge in [0.2, 0.25) is 0 Å². The smallest absolute Gasteiger partial charge is 0.0542 e. The molecule has 0 fully saturated rings. The largest absolute Gasteiger partial charge is 0.310 e. The molecule has 3 aliphatic rings. The van der Waals surface area contributed by atoms with Gasteiger partial charge in [0, 0.05) is 77.9 Å². The van der Waals surface area contributed by atoms with Crippen LogP contribution in [0.15, 0.2) is 273 Å². The molecule has 13 aromatic rings. The van der Waals surface area contributed by atoms with Crippen LogP contribution < -0.4 is 9.80 Å². The molecule has 4 heteroatoms. The molecule has 392 valence electrons. The number of rotatable bonds is 9. The number of hydrogen-bond donors (Lipinski definition) is 0. The molecule has 0 spiro atoms. The highest BCUT2D eigenvalue weighted by molar-refractivity contribution is 6.12. The highest BCUT2D eigenvalue weighted by Gasteiger charge is 2.39. The average molecular weight is 1050 g/mol. The Kier molecular flexibility index (Phi) is 10.7. The molecule has 0 amide bonds. The summed E-state index contributed by atoms with van der Waals surface area (Å²) in [4.78, 5) is 4.92. The lowest BCUT2D eigenvalue weighted by molar-refractivity contribution is 0.607. The van der Waals surface area contributed by atoms with E-state index in [1.54, 1.807) is 5.57 Å². The zero-order valence-corrected chi connectivity index (χ0v) is 46.6. The molecule has 0 atom stereocenters. The summed E-state index contributed by atoms with van der Waals surface area (Å²) in [6, 6.07) is 94.7. The van der Waals surface area contributed by atoms with E-state index in [-0.39, 0.29) is 10.8 Å². The van der Waals surface area contributed by atoms with E-state index >= 15 is 0 Å². The number of fused-ring (bicyclic) bond motifs is 11. The molecule has 3 aliphatic carbocycles. The molecule has 82 heavy (non-hydrogen) atoms. The Bertz CT molecular complexity index is 4780. The van der Waals surface area contributed by atoms with Gasteiger partial charge in [0.1, 0.15) is 0 Å². The SMILES string of the molecule is CC1(C)C2=C(C=CCC2)c2ccc(N(c3ccc(-c4ccc(N(c5ccc6c(c5)C(C)(C)c5ccccc5-6)c5ccc6c(c5)c5ccccc5n6-c5ccccc5)cc4)cc3)c3ccc4c(c3)c3ccccc3n4-c3ccccc3)cc21. The summed E-state index contributed by atoms with van der Waals surface area (Å²) >= 11 is 0. The van der Waals surface area contributed by atoms with Crippen molar-refractivity contribution >= 4 is 83.3 Å². The minimum Gasteiger partial charge on any atom is -0.310 e. The van der Waals surface area contributed by atoms with E-state index in [2.05, 4.69) is 314 Å². The van der Waals surface area contributed by atoms with E-state index in [1.165, 1.54) is 82.6 Å². The van der Waals surface area contributed by atoms with Gasteiger partial charge < -0.3 is 18.9 Å². The predicted molar refractivity (Wildman–Crippen MR) is 346 cm³/mol. The minimum absolute atomic E-state index is 0.0612. The molecule has 2 heterocycles. The summed E-state index contributed by atoms with van der Waals surface area (Å²) in [7, 11) is 0. The highest BCUT2D eigenvalue weighted by Crippen LogP contribution is 2.54. The maximum absolute atomic E-state index is 2.47. The van der Waals surface area contributed by atoms with Gasteiger partial charge in [0.05, 0.1) is 22.1 Å². The van der Waals surface area contributed by atoms with Crippen molar-refractivity contribution in [3.63, 3.8) is 0 Å². The second kappa shape index (κ2) is 18.3. The van der Waals surface area contributed by atoms with Crippen molar-refractivity contribution in [2.75, 3.05) is 9.80 Å². The predicted octanol–water partition coefficient (Wildman–Crippen LogP) is 21.2. The number of anilines is 6. The van der Waals surface area contributed by atoms with E-state index in [0.717, 1.165) is 69.5 Å². The second-order valence-corrected chi connectivity index (χ2v) is 23.6. The van der Waals surface area contributed by atoms with Gasteiger partial charge in [0.15, 0.2) is 0 Å². The quantitative estimate of drug-likeness (QED) is 0.143. The fourth-order valence-electron chi connectivity index (χ4n) is 14.4. The molecule has 0 unspecified atom stereocenters.